The molecule has 2 rings (SSSR count). The number of sulfonamides is 1. The van der Waals surface area contributed by atoms with E-state index in [2.05, 4.69) is 15.3 Å². The quantitative estimate of drug-likeness (QED) is 0.834. The number of hydrogen-bond donors (Lipinski definition) is 2. The minimum atomic E-state index is -3.53. The first-order valence-electron chi connectivity index (χ1n) is 5.22. The fourth-order valence-electron chi connectivity index (χ4n) is 1.52. The Kier molecular flexibility index (Phi) is 4.10. The molecule has 0 amide bonds. The molecule has 0 saturated carbocycles. The third kappa shape index (κ3) is 3.90. The number of aromatic nitrogens is 2. The van der Waals surface area contributed by atoms with Gasteiger partial charge in [0.2, 0.25) is 15.3 Å². The van der Waals surface area contributed by atoms with Crippen molar-refractivity contribution in [2.24, 2.45) is 5.14 Å². The summed E-state index contributed by atoms with van der Waals surface area (Å²) < 4.78 is 21.7. The summed E-state index contributed by atoms with van der Waals surface area (Å²) in [6, 6.07) is 5.06. The Morgan fingerprint density at radius 3 is 2.68 bits per heavy atom. The summed E-state index contributed by atoms with van der Waals surface area (Å²) in [5, 5.41) is 9.02. The van der Waals surface area contributed by atoms with Crippen LogP contribution in [0.5, 0.6) is 0 Å². The van der Waals surface area contributed by atoms with Crippen LogP contribution in [-0.4, -0.2) is 30.7 Å². The first-order chi connectivity index (χ1) is 8.85. The monoisotopic (exact) mass is 320 g/mol. The molecule has 1 heterocycles. The highest BCUT2D eigenvalue weighted by Crippen LogP contribution is 2.25. The molecule has 1 aromatic heterocycles. The molecule has 102 valence electrons. The van der Waals surface area contributed by atoms with Crippen LogP contribution >= 0.6 is 23.2 Å². The van der Waals surface area contributed by atoms with Gasteiger partial charge in [0.05, 0.1) is 11.3 Å². The maximum Gasteiger partial charge on any atom is 0.224 e. The summed E-state index contributed by atoms with van der Waals surface area (Å²) in [5.74, 6) is 0.206. The fourth-order valence-corrected chi connectivity index (χ4v) is 2.25. The van der Waals surface area contributed by atoms with Gasteiger partial charge in [0.25, 0.3) is 0 Å². The Balaban J connectivity index is 2.33. The number of benzene rings is 1. The second-order valence-corrected chi connectivity index (χ2v) is 6.30. The molecule has 0 radical (unpaired) electrons. The number of fused-ring (bicyclic) bond motifs is 1. The zero-order valence-corrected chi connectivity index (χ0v) is 11.9. The van der Waals surface area contributed by atoms with Crippen LogP contribution in [0.4, 0.5) is 5.82 Å². The zero-order valence-electron chi connectivity index (χ0n) is 9.60. The predicted octanol–water partition coefficient (Wildman–Crippen LogP) is 1.64. The summed E-state index contributed by atoms with van der Waals surface area (Å²) in [6.45, 7) is 0.119. The molecule has 0 fully saturated rings. The summed E-state index contributed by atoms with van der Waals surface area (Å²) in [4.78, 5) is 8.06. The van der Waals surface area contributed by atoms with Gasteiger partial charge in [0.15, 0.2) is 0 Å². The molecule has 1 aromatic carbocycles. The van der Waals surface area contributed by atoms with E-state index in [4.69, 9.17) is 28.3 Å². The van der Waals surface area contributed by atoms with Crippen LogP contribution in [0, 0.1) is 0 Å². The van der Waals surface area contributed by atoms with Crippen LogP contribution < -0.4 is 10.5 Å². The maximum absolute atomic E-state index is 10.9. The summed E-state index contributed by atoms with van der Waals surface area (Å²) in [5.41, 5.74) is 0.613. The van der Waals surface area contributed by atoms with E-state index in [1.54, 1.807) is 18.2 Å². The Hall–Kier alpha value is -1.15. The number of nitrogens with two attached hydrogens (primary N) is 1. The van der Waals surface area contributed by atoms with Gasteiger partial charge in [-0.15, -0.1) is 0 Å². The van der Waals surface area contributed by atoms with E-state index in [0.717, 1.165) is 0 Å². The van der Waals surface area contributed by atoms with Crippen molar-refractivity contribution in [2.75, 3.05) is 17.6 Å². The van der Waals surface area contributed by atoms with E-state index in [-0.39, 0.29) is 17.6 Å². The van der Waals surface area contributed by atoms with E-state index >= 15 is 0 Å². The van der Waals surface area contributed by atoms with Gasteiger partial charge in [-0.2, -0.15) is 0 Å². The van der Waals surface area contributed by atoms with Gasteiger partial charge in [-0.3, -0.25) is 0 Å². The van der Waals surface area contributed by atoms with E-state index in [9.17, 15) is 8.42 Å². The lowest BCUT2D eigenvalue weighted by Gasteiger charge is -2.08. The molecular weight excluding hydrogens is 311 g/mol. The second-order valence-electron chi connectivity index (χ2n) is 3.80. The number of rotatable bonds is 4. The van der Waals surface area contributed by atoms with Crippen LogP contribution in [0.1, 0.15) is 0 Å². The second kappa shape index (κ2) is 5.46. The first-order valence-corrected chi connectivity index (χ1v) is 7.69. The molecule has 2 aromatic rings. The standard InChI is InChI=1S/C10H10Cl2N4O2S/c11-6-1-2-8-7(5-6)9(16-10(12)15-8)14-3-4-19(13,17)18/h1-2,5H,3-4H2,(H2,13,17,18)(H,14,15,16). The van der Waals surface area contributed by atoms with E-state index in [0.29, 0.717) is 21.7 Å². The number of halogens is 2. The van der Waals surface area contributed by atoms with Crippen LogP contribution in [-0.2, 0) is 10.0 Å². The molecule has 0 atom stereocenters. The Morgan fingerprint density at radius 1 is 1.26 bits per heavy atom. The van der Waals surface area contributed by atoms with Crippen molar-refractivity contribution >= 4 is 49.9 Å². The van der Waals surface area contributed by atoms with Gasteiger partial charge < -0.3 is 5.32 Å². The highest BCUT2D eigenvalue weighted by Gasteiger charge is 2.08. The molecule has 0 bridgehead atoms. The molecule has 0 aliphatic heterocycles. The summed E-state index contributed by atoms with van der Waals surface area (Å²) in [6.07, 6.45) is 0. The Morgan fingerprint density at radius 2 is 2.00 bits per heavy atom. The molecule has 6 nitrogen and oxygen atoms in total. The number of nitrogens with one attached hydrogen (secondary N) is 1. The summed E-state index contributed by atoms with van der Waals surface area (Å²) in [7, 11) is -3.53. The number of nitrogens with zero attached hydrogens (tertiary/aromatic N) is 2. The molecule has 0 saturated heterocycles. The van der Waals surface area contributed by atoms with Crippen LogP contribution in [0.25, 0.3) is 10.9 Å². The molecule has 3 N–H and O–H groups in total. The first kappa shape index (κ1) is 14.3. The average molecular weight is 321 g/mol. The van der Waals surface area contributed by atoms with Gasteiger partial charge in [0.1, 0.15) is 5.82 Å². The van der Waals surface area contributed by atoms with Crippen molar-refractivity contribution in [1.29, 1.82) is 0 Å². The highest BCUT2D eigenvalue weighted by molar-refractivity contribution is 7.89. The third-order valence-electron chi connectivity index (χ3n) is 2.31. The maximum atomic E-state index is 10.9. The van der Waals surface area contributed by atoms with Gasteiger partial charge in [-0.25, -0.2) is 23.5 Å². The highest BCUT2D eigenvalue weighted by atomic mass is 35.5. The molecular formula is C10H10Cl2N4O2S. The number of hydrogen-bond acceptors (Lipinski definition) is 5. The lowest BCUT2D eigenvalue weighted by molar-refractivity contribution is 0.598. The molecule has 0 unspecified atom stereocenters. The largest absolute Gasteiger partial charge is 0.368 e. The van der Waals surface area contributed by atoms with Gasteiger partial charge in [-0.05, 0) is 29.8 Å². The van der Waals surface area contributed by atoms with E-state index in [1.165, 1.54) is 0 Å². The fraction of sp³-hybridized carbons (Fsp3) is 0.200. The average Bonchev–Trinajstić information content (AvgIpc) is 2.28. The SMILES string of the molecule is NS(=O)(=O)CCNc1nc(Cl)nc2ccc(Cl)cc12. The Bertz CT molecular complexity index is 721. The minimum absolute atomic E-state index is 0.0629. The molecule has 19 heavy (non-hydrogen) atoms. The van der Waals surface area contributed by atoms with Crippen LogP contribution in [0.15, 0.2) is 18.2 Å². The van der Waals surface area contributed by atoms with Crippen molar-refractivity contribution in [3.05, 3.63) is 28.5 Å². The molecule has 0 spiro atoms. The van der Waals surface area contributed by atoms with Crippen LogP contribution in [0.3, 0.4) is 0 Å². The smallest absolute Gasteiger partial charge is 0.224 e. The lowest BCUT2D eigenvalue weighted by Crippen LogP contribution is -2.22. The van der Waals surface area contributed by atoms with Gasteiger partial charge >= 0.3 is 0 Å². The zero-order chi connectivity index (χ0) is 14.0. The predicted molar refractivity (Wildman–Crippen MR) is 76.0 cm³/mol. The molecule has 0 aliphatic rings. The minimum Gasteiger partial charge on any atom is -0.368 e. The lowest BCUT2D eigenvalue weighted by atomic mass is 10.2. The van der Waals surface area contributed by atoms with Crippen LogP contribution in [0.2, 0.25) is 10.3 Å². The van der Waals surface area contributed by atoms with Crippen molar-refractivity contribution in [2.45, 2.75) is 0 Å². The molecule has 0 aliphatic carbocycles. The van der Waals surface area contributed by atoms with Gasteiger partial charge in [0, 0.05) is 17.0 Å². The summed E-state index contributed by atoms with van der Waals surface area (Å²) >= 11 is 11.7. The van der Waals surface area contributed by atoms with Crippen molar-refractivity contribution in [3.63, 3.8) is 0 Å². The van der Waals surface area contributed by atoms with Crippen molar-refractivity contribution in [3.8, 4) is 0 Å². The van der Waals surface area contributed by atoms with E-state index < -0.39 is 10.0 Å². The normalized spacial score (nSPS) is 11.7. The van der Waals surface area contributed by atoms with Gasteiger partial charge in [-0.1, -0.05) is 11.6 Å². The Labute approximate surface area is 120 Å². The van der Waals surface area contributed by atoms with Crippen molar-refractivity contribution < 1.29 is 8.42 Å². The van der Waals surface area contributed by atoms with Crippen molar-refractivity contribution in [1.82, 2.24) is 9.97 Å². The molecule has 9 heteroatoms. The topological polar surface area (TPSA) is 98.0 Å². The number of primary sulfonamides is 1. The number of anilines is 1. The van der Waals surface area contributed by atoms with E-state index in [1.807, 2.05) is 0 Å². The third-order valence-corrected chi connectivity index (χ3v) is 3.49.